The first-order chi connectivity index (χ1) is 27.8. The van der Waals surface area contributed by atoms with E-state index in [4.69, 9.17) is 14.2 Å². The smallest absolute Gasteiger partial charge is 0.297 e. The molecule has 0 bridgehead atoms. The van der Waals surface area contributed by atoms with E-state index in [-0.39, 0.29) is 13.2 Å². The molecule has 284 valence electrons. The van der Waals surface area contributed by atoms with E-state index in [1.165, 1.54) is 0 Å². The van der Waals surface area contributed by atoms with Crippen LogP contribution >= 0.6 is 0 Å². The van der Waals surface area contributed by atoms with E-state index in [1.54, 1.807) is 6.92 Å². The molecule has 11 heteroatoms. The van der Waals surface area contributed by atoms with Gasteiger partial charge in [-0.1, -0.05) is 36.3 Å². The molecule has 7 N–H and O–H groups in total. The molecule has 1 fully saturated rings. The summed E-state index contributed by atoms with van der Waals surface area (Å²) in [6.45, 7) is 0.417. The molecule has 1 aromatic rings. The Bertz CT molecular complexity index is 2300. The van der Waals surface area contributed by atoms with Gasteiger partial charge in [0.25, 0.3) is 5.91 Å². The SMILES string of the molecule is CC#CC#CC#CC#CC#CC#CC#CC#CC#CC#CC#CC#CC(=O)N[C@@H](CO[C@H]1OC(CO)[C@H](O)[C@H](O)C1O)[C@H](O)[C@H](O)COCCCc1ccccc1. The molecule has 57 heavy (non-hydrogen) atoms. The highest BCUT2D eigenvalue weighted by Gasteiger charge is 2.44. The second-order valence-electron chi connectivity index (χ2n) is 11.0. The van der Waals surface area contributed by atoms with Crippen molar-refractivity contribution in [3.8, 4) is 142 Å². The minimum atomic E-state index is -1.74. The second kappa shape index (κ2) is 29.4. The monoisotopic (exact) mass is 761 g/mol. The van der Waals surface area contributed by atoms with Crippen LogP contribution in [0.2, 0.25) is 0 Å². The third-order valence-corrected chi connectivity index (χ3v) is 6.91. The van der Waals surface area contributed by atoms with Crippen LogP contribution in [0.1, 0.15) is 18.9 Å². The molecule has 1 aromatic carbocycles. The summed E-state index contributed by atoms with van der Waals surface area (Å²) in [4.78, 5) is 12.6. The number of hydrogen-bond donors (Lipinski definition) is 7. The van der Waals surface area contributed by atoms with E-state index in [9.17, 15) is 35.4 Å². The summed E-state index contributed by atoms with van der Waals surface area (Å²) in [6, 6.07) is 8.39. The number of rotatable bonds is 13. The summed E-state index contributed by atoms with van der Waals surface area (Å²) in [5.41, 5.74) is 1.12. The van der Waals surface area contributed by atoms with Crippen LogP contribution < -0.4 is 5.32 Å². The first kappa shape index (κ1) is 46.2. The van der Waals surface area contributed by atoms with E-state index in [1.807, 2.05) is 30.3 Å². The molecule has 0 spiro atoms. The van der Waals surface area contributed by atoms with Gasteiger partial charge in [0.05, 0.1) is 25.9 Å². The fourth-order valence-electron chi connectivity index (χ4n) is 4.20. The number of aliphatic hydroxyl groups is 6. The van der Waals surface area contributed by atoms with Crippen molar-refractivity contribution in [3.63, 3.8) is 0 Å². The lowest BCUT2D eigenvalue weighted by Crippen LogP contribution is -2.60. The minimum Gasteiger partial charge on any atom is -0.394 e. The molecule has 0 aliphatic carbocycles. The summed E-state index contributed by atoms with van der Waals surface area (Å²) in [7, 11) is 0. The minimum absolute atomic E-state index is 0.285. The van der Waals surface area contributed by atoms with Crippen molar-refractivity contribution in [1.29, 1.82) is 0 Å². The molecule has 0 radical (unpaired) electrons. The molecule has 0 aromatic heterocycles. The van der Waals surface area contributed by atoms with Gasteiger partial charge in [0, 0.05) is 48.0 Å². The summed E-state index contributed by atoms with van der Waals surface area (Å²) in [5.74, 6) is 58.0. The zero-order chi connectivity index (χ0) is 41.4. The van der Waals surface area contributed by atoms with Crippen LogP contribution in [-0.2, 0) is 25.4 Å². The largest absolute Gasteiger partial charge is 0.394 e. The predicted molar refractivity (Wildman–Crippen MR) is 208 cm³/mol. The Labute approximate surface area is 333 Å². The van der Waals surface area contributed by atoms with Crippen molar-refractivity contribution >= 4 is 5.91 Å². The Morgan fingerprint density at radius 2 is 1.19 bits per heavy atom. The molecular formula is C46H35NO10. The number of aryl methyl sites for hydroxylation is 1. The number of nitrogens with one attached hydrogen (secondary N) is 1. The van der Waals surface area contributed by atoms with Gasteiger partial charge < -0.3 is 50.2 Å². The topological polar surface area (TPSA) is 178 Å². The Kier molecular flexibility index (Phi) is 23.8. The van der Waals surface area contributed by atoms with Gasteiger partial charge in [0.15, 0.2) is 6.29 Å². The Hall–Kier alpha value is -6.95. The van der Waals surface area contributed by atoms with Crippen molar-refractivity contribution in [2.75, 3.05) is 26.4 Å². The molecule has 0 saturated carbocycles. The summed E-state index contributed by atoms with van der Waals surface area (Å²) in [5, 5.41) is 63.8. The fraction of sp³-hybridized carbons (Fsp3) is 0.326. The molecule has 2 unspecified atom stereocenters. The van der Waals surface area contributed by atoms with Gasteiger partial charge >= 0.3 is 0 Å². The number of ether oxygens (including phenoxy) is 3. The van der Waals surface area contributed by atoms with Gasteiger partial charge in [0.2, 0.25) is 0 Å². The van der Waals surface area contributed by atoms with Crippen LogP contribution in [-0.4, -0.2) is 112 Å². The molecule has 1 heterocycles. The molecule has 8 atom stereocenters. The lowest BCUT2D eigenvalue weighted by molar-refractivity contribution is -0.303. The van der Waals surface area contributed by atoms with Crippen LogP contribution in [0.15, 0.2) is 30.3 Å². The highest BCUT2D eigenvalue weighted by Crippen LogP contribution is 2.22. The number of benzene rings is 1. The summed E-state index contributed by atoms with van der Waals surface area (Å²) < 4.78 is 16.3. The van der Waals surface area contributed by atoms with Crippen molar-refractivity contribution in [1.82, 2.24) is 5.32 Å². The van der Waals surface area contributed by atoms with Crippen LogP contribution in [0.3, 0.4) is 0 Å². The van der Waals surface area contributed by atoms with E-state index in [2.05, 4.69) is 147 Å². The maximum absolute atomic E-state index is 12.6. The number of amides is 1. The fourth-order valence-corrected chi connectivity index (χ4v) is 4.20. The van der Waals surface area contributed by atoms with Gasteiger partial charge in [-0.2, -0.15) is 0 Å². The van der Waals surface area contributed by atoms with E-state index in [0.29, 0.717) is 6.42 Å². The first-order valence-corrected chi connectivity index (χ1v) is 16.9. The number of aliphatic hydroxyl groups excluding tert-OH is 6. The second-order valence-corrected chi connectivity index (χ2v) is 11.0. The molecule has 1 aliphatic rings. The van der Waals surface area contributed by atoms with Gasteiger partial charge in [0.1, 0.15) is 36.6 Å². The average molecular weight is 762 g/mol. The first-order valence-electron chi connectivity index (χ1n) is 16.9. The number of carbonyl (C=O) groups is 1. The Morgan fingerprint density at radius 3 is 1.68 bits per heavy atom. The molecule has 2 rings (SSSR count). The maximum atomic E-state index is 12.6. The standard InChI is InChI=1S/C46H35NO10/c1-2-3-4-5-6-7-8-9-10-11-12-13-14-15-16-17-18-19-20-21-22-23-27-32-41(50)47-38(35-56-46-45(54)44(53)43(52)40(34-48)57-46)42(51)39(49)36-55-33-28-31-37-29-25-24-26-30-37/h24-26,29-30,38-40,42-46,48-49,51-54H,28,31,33-36H2,1H3,(H,47,50)/t38-,39+,40?,42-,43-,44-,45?,46-/m0/s1. The molecule has 1 saturated heterocycles. The highest BCUT2D eigenvalue weighted by molar-refractivity contribution is 5.94. The molecule has 11 nitrogen and oxygen atoms in total. The highest BCUT2D eigenvalue weighted by atomic mass is 16.7. The normalized spacial score (nSPS) is 18.0. The zero-order valence-electron chi connectivity index (χ0n) is 30.6. The molecule has 1 aliphatic heterocycles. The Morgan fingerprint density at radius 1 is 0.702 bits per heavy atom. The van der Waals surface area contributed by atoms with Crippen LogP contribution in [0.25, 0.3) is 0 Å². The van der Waals surface area contributed by atoms with Crippen LogP contribution in [0.5, 0.6) is 0 Å². The summed E-state index contributed by atoms with van der Waals surface area (Å²) >= 11 is 0. The lowest BCUT2D eigenvalue weighted by Gasteiger charge is -2.40. The van der Waals surface area contributed by atoms with Crippen molar-refractivity contribution in [2.24, 2.45) is 0 Å². The molecule has 1 amide bonds. The predicted octanol–water partition coefficient (Wildman–Crippen LogP) is -2.28. The van der Waals surface area contributed by atoms with E-state index in [0.717, 1.165) is 12.0 Å². The third-order valence-electron chi connectivity index (χ3n) is 6.91. The zero-order valence-corrected chi connectivity index (χ0v) is 30.6. The number of carbonyl (C=O) groups excluding carboxylic acids is 1. The van der Waals surface area contributed by atoms with Crippen molar-refractivity contribution < 1.29 is 49.6 Å². The van der Waals surface area contributed by atoms with Gasteiger partial charge in [-0.15, -0.1) is 0 Å². The summed E-state index contributed by atoms with van der Waals surface area (Å²) in [6.07, 6.45) is -9.64. The van der Waals surface area contributed by atoms with E-state index >= 15 is 0 Å². The average Bonchev–Trinajstić information content (AvgIpc) is 3.22. The van der Waals surface area contributed by atoms with Gasteiger partial charge in [-0.05, 0) is 120 Å². The van der Waals surface area contributed by atoms with E-state index < -0.39 is 68.1 Å². The Balaban J connectivity index is 1.94. The van der Waals surface area contributed by atoms with Crippen molar-refractivity contribution in [3.05, 3.63) is 35.9 Å². The third kappa shape index (κ3) is 20.3. The van der Waals surface area contributed by atoms with Crippen LogP contribution in [0.4, 0.5) is 0 Å². The van der Waals surface area contributed by atoms with Crippen LogP contribution in [0, 0.1) is 142 Å². The quantitative estimate of drug-likeness (QED) is 0.0857. The van der Waals surface area contributed by atoms with Gasteiger partial charge in [-0.3, -0.25) is 4.79 Å². The van der Waals surface area contributed by atoms with Gasteiger partial charge in [-0.25, -0.2) is 0 Å². The lowest BCUT2D eigenvalue weighted by atomic mass is 9.99. The van der Waals surface area contributed by atoms with Crippen molar-refractivity contribution in [2.45, 2.75) is 68.7 Å². The molecular weight excluding hydrogens is 727 g/mol. The maximum Gasteiger partial charge on any atom is 0.297 e. The number of hydrogen-bond acceptors (Lipinski definition) is 10.